The molecule has 0 aliphatic heterocycles. The molecule has 3 heterocycles. The molecule has 0 bridgehead atoms. The number of carboxylic acid groups (broad SMARTS) is 1. The number of hydrogen-bond donors (Lipinski definition) is 0. The first-order valence-electron chi connectivity index (χ1n) is 13.4. The minimum absolute atomic E-state index is 0. The van der Waals surface area contributed by atoms with E-state index in [9.17, 15) is 27.5 Å². The molecule has 0 radical (unpaired) electrons. The van der Waals surface area contributed by atoms with Crippen LogP contribution < -0.4 is 5.11 Å². The first-order chi connectivity index (χ1) is 21.8. The minimum Gasteiger partial charge on any atom is -0.543 e. The second-order valence-corrected chi connectivity index (χ2v) is 9.36. The Kier molecular flexibility index (Phi) is 11.4. The number of nitrogens with zero attached hydrogens (tertiary/aromatic N) is 3. The van der Waals surface area contributed by atoms with Crippen LogP contribution in [-0.4, -0.2) is 20.9 Å². The molecule has 0 aliphatic rings. The van der Waals surface area contributed by atoms with E-state index in [1.54, 1.807) is 24.3 Å². The van der Waals surface area contributed by atoms with Gasteiger partial charge in [0.2, 0.25) is 0 Å². The number of halogens is 4. The predicted octanol–water partition coefficient (Wildman–Crippen LogP) is 7.40. The summed E-state index contributed by atoms with van der Waals surface area (Å²) in [7, 11) is 0. The summed E-state index contributed by atoms with van der Waals surface area (Å²) in [5, 5.41) is 12.0. The zero-order chi connectivity index (χ0) is 31.8. The first kappa shape index (κ1) is 33.6. The molecule has 0 N–H and O–H groups in total. The van der Waals surface area contributed by atoms with Crippen molar-refractivity contribution in [2.75, 3.05) is 0 Å². The van der Waals surface area contributed by atoms with Gasteiger partial charge in [-0.05, 0) is 46.4 Å². The van der Waals surface area contributed by atoms with Crippen molar-refractivity contribution in [3.05, 3.63) is 163 Å². The average molecular weight is 795 g/mol. The normalized spacial score (nSPS) is 10.2. The third-order valence-electron chi connectivity index (χ3n) is 6.30. The van der Waals surface area contributed by atoms with Crippen molar-refractivity contribution in [3.63, 3.8) is 0 Å². The summed E-state index contributed by atoms with van der Waals surface area (Å²) >= 11 is 0. The molecule has 5 nitrogen and oxygen atoms in total. The number of para-hydroxylation sites is 2. The number of aromatic carboxylic acids is 1. The summed E-state index contributed by atoms with van der Waals surface area (Å²) in [6.07, 6.45) is 1.41. The van der Waals surface area contributed by atoms with Gasteiger partial charge in [0, 0.05) is 29.5 Å². The fraction of sp³-hybridized carbons (Fsp3) is 0. The van der Waals surface area contributed by atoms with Crippen molar-refractivity contribution in [1.82, 2.24) is 15.0 Å². The maximum Gasteiger partial charge on any atom is 3.00 e. The van der Waals surface area contributed by atoms with Crippen LogP contribution in [-0.2, 0) is 20.1 Å². The molecular formula is C36H20F4IrN3O2. The van der Waals surface area contributed by atoms with Gasteiger partial charge in [-0.15, -0.1) is 24.3 Å². The fourth-order valence-electron chi connectivity index (χ4n) is 4.18. The molecule has 228 valence electrons. The van der Waals surface area contributed by atoms with E-state index in [0.29, 0.717) is 11.4 Å². The third kappa shape index (κ3) is 8.44. The Hall–Kier alpha value is -5.31. The summed E-state index contributed by atoms with van der Waals surface area (Å²) in [5.74, 6) is -3.83. The Morgan fingerprint density at radius 3 is 1.46 bits per heavy atom. The van der Waals surface area contributed by atoms with Crippen LogP contribution in [0.3, 0.4) is 0 Å². The van der Waals surface area contributed by atoms with Gasteiger partial charge in [0.15, 0.2) is 0 Å². The van der Waals surface area contributed by atoms with E-state index < -0.39 is 29.2 Å². The SMILES string of the molecule is Fc1c[c-]c(-c2ccc3ccccc3n2)c(F)c1.Fc1c[c-]c(-c2ccc3ccccc3n2)c(F)c1.O=C([O-])c1ccccn1.[Ir+3]. The minimum atomic E-state index is -1.24. The molecule has 3 aromatic heterocycles. The van der Waals surface area contributed by atoms with Crippen molar-refractivity contribution in [2.45, 2.75) is 0 Å². The van der Waals surface area contributed by atoms with Gasteiger partial charge in [0.25, 0.3) is 0 Å². The Labute approximate surface area is 274 Å². The quantitative estimate of drug-likeness (QED) is 0.138. The van der Waals surface area contributed by atoms with Crippen LogP contribution >= 0.6 is 0 Å². The molecule has 0 spiro atoms. The van der Waals surface area contributed by atoms with Crippen molar-refractivity contribution < 1.29 is 47.6 Å². The number of rotatable bonds is 3. The van der Waals surface area contributed by atoms with Crippen molar-refractivity contribution in [3.8, 4) is 22.5 Å². The second-order valence-electron chi connectivity index (χ2n) is 9.36. The maximum atomic E-state index is 13.6. The molecule has 0 atom stereocenters. The van der Waals surface area contributed by atoms with E-state index >= 15 is 0 Å². The summed E-state index contributed by atoms with van der Waals surface area (Å²) < 4.78 is 52.9. The molecule has 0 amide bonds. The van der Waals surface area contributed by atoms with Crippen LogP contribution in [0.1, 0.15) is 10.5 Å². The number of hydrogen-bond acceptors (Lipinski definition) is 5. The summed E-state index contributed by atoms with van der Waals surface area (Å²) in [6.45, 7) is 0. The van der Waals surface area contributed by atoms with Crippen molar-refractivity contribution >= 4 is 27.8 Å². The second kappa shape index (κ2) is 15.6. The van der Waals surface area contributed by atoms with Crippen LogP contribution in [0, 0.1) is 35.4 Å². The van der Waals surface area contributed by atoms with Gasteiger partial charge < -0.3 is 9.90 Å². The van der Waals surface area contributed by atoms with Gasteiger partial charge in [-0.1, -0.05) is 90.0 Å². The molecule has 0 unspecified atom stereocenters. The van der Waals surface area contributed by atoms with Gasteiger partial charge in [0.05, 0.1) is 22.7 Å². The Morgan fingerprint density at radius 1 is 0.609 bits per heavy atom. The molecule has 0 saturated carbocycles. The molecule has 4 aromatic carbocycles. The molecule has 0 saturated heterocycles. The average Bonchev–Trinajstić information content (AvgIpc) is 3.05. The topological polar surface area (TPSA) is 78.8 Å². The number of carbonyl (C=O) groups excluding carboxylic acids is 1. The summed E-state index contributed by atoms with van der Waals surface area (Å²) in [4.78, 5) is 22.2. The summed E-state index contributed by atoms with van der Waals surface area (Å²) in [5.41, 5.74) is 2.78. The van der Waals surface area contributed by atoms with Crippen LogP contribution in [0.4, 0.5) is 17.6 Å². The molecular weight excluding hydrogens is 775 g/mol. The van der Waals surface area contributed by atoms with Gasteiger partial charge >= 0.3 is 20.1 Å². The molecule has 0 aliphatic carbocycles. The van der Waals surface area contributed by atoms with E-state index in [0.717, 1.165) is 46.1 Å². The molecule has 0 fully saturated rings. The standard InChI is InChI=1S/2C15H8F2N.C6H5NO2.Ir/c2*16-11-6-7-12(13(17)9-11)15-8-5-10-3-1-2-4-14(10)18-15;8-6(9)5-3-1-2-4-7-5;/h2*1-6,8-9H;1-4H,(H,8,9);/q2*-1;;+3/p-1. The number of aromatic nitrogens is 3. The van der Waals surface area contributed by atoms with E-state index in [1.165, 1.54) is 12.3 Å². The number of carboxylic acids is 1. The van der Waals surface area contributed by atoms with Crippen molar-refractivity contribution in [2.24, 2.45) is 0 Å². The zero-order valence-electron chi connectivity index (χ0n) is 23.6. The van der Waals surface area contributed by atoms with E-state index in [2.05, 4.69) is 27.1 Å². The van der Waals surface area contributed by atoms with Crippen LogP contribution in [0.5, 0.6) is 0 Å². The van der Waals surface area contributed by atoms with Crippen molar-refractivity contribution in [1.29, 1.82) is 0 Å². The zero-order valence-corrected chi connectivity index (χ0v) is 25.9. The number of benzene rings is 4. The molecule has 7 rings (SSSR count). The fourth-order valence-corrected chi connectivity index (χ4v) is 4.18. The Bertz CT molecular complexity index is 1990. The van der Waals surface area contributed by atoms with Gasteiger partial charge in [-0.3, -0.25) is 32.5 Å². The monoisotopic (exact) mass is 795 g/mol. The van der Waals surface area contributed by atoms with E-state index in [1.807, 2.05) is 60.7 Å². The van der Waals surface area contributed by atoms with E-state index in [4.69, 9.17) is 0 Å². The summed E-state index contributed by atoms with van der Waals surface area (Å²) in [6, 6.07) is 35.9. The first-order valence-corrected chi connectivity index (χ1v) is 13.4. The Morgan fingerprint density at radius 2 is 1.07 bits per heavy atom. The number of carbonyl (C=O) groups is 1. The van der Waals surface area contributed by atoms with Crippen LogP contribution in [0.25, 0.3) is 44.3 Å². The molecule has 46 heavy (non-hydrogen) atoms. The number of pyridine rings is 3. The molecule has 7 aromatic rings. The largest absolute Gasteiger partial charge is 3.00 e. The third-order valence-corrected chi connectivity index (χ3v) is 6.30. The van der Waals surface area contributed by atoms with Gasteiger partial charge in [-0.25, -0.2) is 0 Å². The number of fused-ring (bicyclic) bond motifs is 2. The van der Waals surface area contributed by atoms with Crippen LogP contribution in [0.2, 0.25) is 0 Å². The predicted molar refractivity (Wildman–Crippen MR) is 160 cm³/mol. The molecule has 10 heteroatoms. The van der Waals surface area contributed by atoms with Gasteiger partial charge in [-0.2, -0.15) is 0 Å². The maximum absolute atomic E-state index is 13.6. The Balaban J connectivity index is 0.000000164. The van der Waals surface area contributed by atoms with Crippen LogP contribution in [0.15, 0.2) is 121 Å². The van der Waals surface area contributed by atoms with E-state index in [-0.39, 0.29) is 36.9 Å². The smallest absolute Gasteiger partial charge is 0.543 e. The van der Waals surface area contributed by atoms with Gasteiger partial charge in [0.1, 0.15) is 0 Å².